The van der Waals surface area contributed by atoms with Gasteiger partial charge in [-0.3, -0.25) is 0 Å². The van der Waals surface area contributed by atoms with Crippen LogP contribution in [0.25, 0.3) is 11.0 Å². The van der Waals surface area contributed by atoms with Crippen molar-refractivity contribution in [2.24, 2.45) is 0 Å². The number of nitrogens with one attached hydrogen (secondary N) is 1. The normalized spacial score (nSPS) is 18.0. The van der Waals surface area contributed by atoms with Crippen LogP contribution in [-0.2, 0) is 19.5 Å². The van der Waals surface area contributed by atoms with Crippen LogP contribution in [-0.4, -0.2) is 20.8 Å². The minimum absolute atomic E-state index is 0.423. The van der Waals surface area contributed by atoms with Gasteiger partial charge in [0.2, 0.25) is 0 Å². The molecule has 108 valence electrons. The number of rotatable bonds is 3. The molecule has 0 amide bonds. The van der Waals surface area contributed by atoms with E-state index in [1.165, 1.54) is 0 Å². The number of aryl methyl sites for hydroxylation is 2. The van der Waals surface area contributed by atoms with Gasteiger partial charge in [0, 0.05) is 17.8 Å². The number of benzene rings is 1. The SMILES string of the molecule is Cc1nc2n(n1)C[C@@H](NCc1cc3ccccc3o1)CC2. The van der Waals surface area contributed by atoms with Crippen molar-refractivity contribution >= 4 is 11.0 Å². The van der Waals surface area contributed by atoms with Crippen molar-refractivity contribution in [3.8, 4) is 0 Å². The van der Waals surface area contributed by atoms with Gasteiger partial charge in [-0.25, -0.2) is 9.67 Å². The third-order valence-corrected chi connectivity index (χ3v) is 4.01. The first-order chi connectivity index (χ1) is 10.3. The predicted molar refractivity (Wildman–Crippen MR) is 79.9 cm³/mol. The van der Waals surface area contributed by atoms with Crippen molar-refractivity contribution in [3.63, 3.8) is 0 Å². The molecule has 1 N–H and O–H groups in total. The van der Waals surface area contributed by atoms with E-state index in [1.54, 1.807) is 0 Å². The number of aromatic nitrogens is 3. The van der Waals surface area contributed by atoms with Crippen molar-refractivity contribution < 1.29 is 4.42 Å². The highest BCUT2D eigenvalue weighted by atomic mass is 16.3. The molecule has 0 fully saturated rings. The Morgan fingerprint density at radius 2 is 2.29 bits per heavy atom. The zero-order chi connectivity index (χ0) is 14.2. The van der Waals surface area contributed by atoms with E-state index in [0.29, 0.717) is 6.04 Å². The highest BCUT2D eigenvalue weighted by Gasteiger charge is 2.20. The molecular formula is C16H18N4O. The first-order valence-electron chi connectivity index (χ1n) is 7.39. The van der Waals surface area contributed by atoms with Crippen molar-refractivity contribution in [1.82, 2.24) is 20.1 Å². The standard InChI is InChI=1S/C16H18N4O/c1-11-18-16-7-6-13(10-20(16)19-11)17-9-14-8-12-4-2-3-5-15(12)21-14/h2-5,8,13,17H,6-7,9-10H2,1H3/t13-/m0/s1. The molecular weight excluding hydrogens is 264 g/mol. The Morgan fingerprint density at radius 3 is 3.19 bits per heavy atom. The molecule has 5 heteroatoms. The van der Waals surface area contributed by atoms with E-state index in [4.69, 9.17) is 4.42 Å². The van der Waals surface area contributed by atoms with Crippen LogP contribution in [0, 0.1) is 6.92 Å². The van der Waals surface area contributed by atoms with Crippen LogP contribution in [0.1, 0.15) is 23.8 Å². The summed E-state index contributed by atoms with van der Waals surface area (Å²) >= 11 is 0. The Balaban J connectivity index is 1.43. The molecule has 21 heavy (non-hydrogen) atoms. The van der Waals surface area contributed by atoms with Gasteiger partial charge in [-0.05, 0) is 25.5 Å². The number of furan rings is 1. The third kappa shape index (κ3) is 2.45. The third-order valence-electron chi connectivity index (χ3n) is 4.01. The quantitative estimate of drug-likeness (QED) is 0.801. The van der Waals surface area contributed by atoms with Crippen molar-refractivity contribution in [2.75, 3.05) is 0 Å². The van der Waals surface area contributed by atoms with Gasteiger partial charge >= 0.3 is 0 Å². The van der Waals surface area contributed by atoms with Gasteiger partial charge in [-0.2, -0.15) is 5.10 Å². The average Bonchev–Trinajstić information content (AvgIpc) is 3.06. The Hall–Kier alpha value is -2.14. The van der Waals surface area contributed by atoms with Crippen LogP contribution < -0.4 is 5.32 Å². The molecule has 0 saturated carbocycles. The molecule has 1 atom stereocenters. The molecule has 0 saturated heterocycles. The maximum absolute atomic E-state index is 5.84. The summed E-state index contributed by atoms with van der Waals surface area (Å²) in [5.74, 6) is 2.95. The average molecular weight is 282 g/mol. The highest BCUT2D eigenvalue weighted by molar-refractivity contribution is 5.77. The van der Waals surface area contributed by atoms with Crippen molar-refractivity contribution in [1.29, 1.82) is 0 Å². The van der Waals surface area contributed by atoms with Crippen LogP contribution in [0.2, 0.25) is 0 Å². The molecule has 0 aliphatic carbocycles. The van der Waals surface area contributed by atoms with Crippen LogP contribution >= 0.6 is 0 Å². The summed E-state index contributed by atoms with van der Waals surface area (Å²) in [6.45, 7) is 3.58. The molecule has 0 spiro atoms. The summed E-state index contributed by atoms with van der Waals surface area (Å²) in [7, 11) is 0. The predicted octanol–water partition coefficient (Wildman–Crippen LogP) is 2.44. The Kier molecular flexibility index (Phi) is 3.00. The van der Waals surface area contributed by atoms with E-state index >= 15 is 0 Å². The summed E-state index contributed by atoms with van der Waals surface area (Å²) < 4.78 is 7.86. The lowest BCUT2D eigenvalue weighted by molar-refractivity contribution is 0.347. The fourth-order valence-electron chi connectivity index (χ4n) is 2.97. The molecule has 0 radical (unpaired) electrons. The lowest BCUT2D eigenvalue weighted by atomic mass is 10.1. The fourth-order valence-corrected chi connectivity index (χ4v) is 2.97. The van der Waals surface area contributed by atoms with Gasteiger partial charge < -0.3 is 9.73 Å². The van der Waals surface area contributed by atoms with E-state index in [1.807, 2.05) is 29.8 Å². The maximum Gasteiger partial charge on any atom is 0.147 e. The molecule has 0 bridgehead atoms. The van der Waals surface area contributed by atoms with Crippen LogP contribution in [0.15, 0.2) is 34.7 Å². The monoisotopic (exact) mass is 282 g/mol. The summed E-state index contributed by atoms with van der Waals surface area (Å²) in [5, 5.41) is 9.16. The minimum atomic E-state index is 0.423. The van der Waals surface area contributed by atoms with Gasteiger partial charge in [0.1, 0.15) is 23.0 Å². The summed E-state index contributed by atoms with van der Waals surface area (Å²) in [4.78, 5) is 4.44. The minimum Gasteiger partial charge on any atom is -0.460 e. The molecule has 4 rings (SSSR count). The van der Waals surface area contributed by atoms with Gasteiger partial charge in [-0.1, -0.05) is 18.2 Å². The van der Waals surface area contributed by atoms with Gasteiger partial charge in [0.25, 0.3) is 0 Å². The van der Waals surface area contributed by atoms with Crippen molar-refractivity contribution in [3.05, 3.63) is 47.7 Å². The van der Waals surface area contributed by atoms with E-state index in [0.717, 1.165) is 54.3 Å². The van der Waals surface area contributed by atoms with E-state index in [-0.39, 0.29) is 0 Å². The Morgan fingerprint density at radius 1 is 1.38 bits per heavy atom. The molecule has 1 aliphatic heterocycles. The zero-order valence-electron chi connectivity index (χ0n) is 12.0. The second-order valence-electron chi connectivity index (χ2n) is 5.62. The smallest absolute Gasteiger partial charge is 0.147 e. The maximum atomic E-state index is 5.84. The molecule has 0 unspecified atom stereocenters. The number of fused-ring (bicyclic) bond motifs is 2. The summed E-state index contributed by atoms with van der Waals surface area (Å²) in [5.41, 5.74) is 0.951. The van der Waals surface area contributed by atoms with E-state index in [2.05, 4.69) is 27.5 Å². The lowest BCUT2D eigenvalue weighted by Gasteiger charge is -2.23. The summed E-state index contributed by atoms with van der Waals surface area (Å²) in [6, 6.07) is 10.6. The first kappa shape index (κ1) is 12.6. The second-order valence-corrected chi connectivity index (χ2v) is 5.62. The van der Waals surface area contributed by atoms with Gasteiger partial charge in [0.15, 0.2) is 0 Å². The van der Waals surface area contributed by atoms with Crippen molar-refractivity contribution in [2.45, 2.75) is 38.9 Å². The second kappa shape index (κ2) is 5.00. The molecule has 3 aromatic rings. The van der Waals surface area contributed by atoms with Crippen LogP contribution in [0.3, 0.4) is 0 Å². The fraction of sp³-hybridized carbons (Fsp3) is 0.375. The largest absolute Gasteiger partial charge is 0.460 e. The highest BCUT2D eigenvalue weighted by Crippen LogP contribution is 2.19. The van der Waals surface area contributed by atoms with E-state index < -0.39 is 0 Å². The first-order valence-corrected chi connectivity index (χ1v) is 7.39. The topological polar surface area (TPSA) is 55.9 Å². The number of nitrogens with zero attached hydrogens (tertiary/aromatic N) is 3. The number of hydrogen-bond acceptors (Lipinski definition) is 4. The molecule has 1 aliphatic rings. The summed E-state index contributed by atoms with van der Waals surface area (Å²) in [6.07, 6.45) is 2.08. The molecule has 2 aromatic heterocycles. The number of para-hydroxylation sites is 1. The van der Waals surface area contributed by atoms with E-state index in [9.17, 15) is 0 Å². The van der Waals surface area contributed by atoms with Crippen LogP contribution in [0.4, 0.5) is 0 Å². The van der Waals surface area contributed by atoms with Crippen LogP contribution in [0.5, 0.6) is 0 Å². The van der Waals surface area contributed by atoms with Gasteiger partial charge in [0.05, 0.1) is 13.1 Å². The lowest BCUT2D eigenvalue weighted by Crippen LogP contribution is -2.37. The Bertz CT molecular complexity index is 741. The molecule has 5 nitrogen and oxygen atoms in total. The number of hydrogen-bond donors (Lipinski definition) is 1. The molecule has 1 aromatic carbocycles. The Labute approximate surface area is 123 Å². The van der Waals surface area contributed by atoms with Gasteiger partial charge in [-0.15, -0.1) is 0 Å². The molecule has 3 heterocycles. The zero-order valence-corrected chi connectivity index (χ0v) is 12.0.